The van der Waals surface area contributed by atoms with Crippen LogP contribution in [0.15, 0.2) is 49.1 Å². The lowest BCUT2D eigenvalue weighted by Crippen LogP contribution is -2.33. The molecule has 11 heteroatoms. The summed E-state index contributed by atoms with van der Waals surface area (Å²) in [5, 5.41) is 8.71. The minimum absolute atomic E-state index is 0.0534. The van der Waals surface area contributed by atoms with E-state index in [9.17, 15) is 19.2 Å². The van der Waals surface area contributed by atoms with E-state index in [2.05, 4.69) is 24.8 Å². The summed E-state index contributed by atoms with van der Waals surface area (Å²) in [7, 11) is 0. The van der Waals surface area contributed by atoms with Crippen LogP contribution in [0.2, 0.25) is 0 Å². The Morgan fingerprint density at radius 1 is 0.962 bits per heavy atom. The predicted molar refractivity (Wildman–Crippen MR) is 82.0 cm³/mol. The van der Waals surface area contributed by atoms with Gasteiger partial charge in [-0.15, -0.1) is 0 Å². The molecule has 0 unspecified atom stereocenters. The van der Waals surface area contributed by atoms with Gasteiger partial charge >= 0.3 is 11.9 Å². The molecule has 3 rings (SSSR count). The van der Waals surface area contributed by atoms with Crippen LogP contribution in [0.25, 0.3) is 0 Å². The summed E-state index contributed by atoms with van der Waals surface area (Å²) in [5.41, 5.74) is 0.377. The highest BCUT2D eigenvalue weighted by Crippen LogP contribution is 2.13. The Kier molecular flexibility index (Phi) is 5.77. The van der Waals surface area contributed by atoms with E-state index in [-0.39, 0.29) is 16.7 Å². The van der Waals surface area contributed by atoms with Crippen LogP contribution < -0.4 is 0 Å². The summed E-state index contributed by atoms with van der Waals surface area (Å²) in [4.78, 5) is 63.3. The third-order valence-electron chi connectivity index (χ3n) is 2.84. The third-order valence-corrected chi connectivity index (χ3v) is 2.84. The van der Waals surface area contributed by atoms with Crippen molar-refractivity contribution in [3.05, 3.63) is 60.2 Å². The van der Waals surface area contributed by atoms with Crippen LogP contribution >= 0.6 is 0 Å². The molecule has 0 saturated carbocycles. The molecule has 0 aromatic carbocycles. The van der Waals surface area contributed by atoms with Crippen LogP contribution in [-0.2, 0) is 14.4 Å². The standard InChI is InChI=1S/C10H7N3O4.C5H4N2O2/c1-6-2-8(14)13(9(6)15)17-10(16)7-3-11-5-12-4-7;8-5(9)4-1-6-3-7-2-4/h2-5H,1H3;1-3H,(H,8,9). The second kappa shape index (κ2) is 8.19. The van der Waals surface area contributed by atoms with E-state index in [1.54, 1.807) is 0 Å². The van der Waals surface area contributed by atoms with Crippen molar-refractivity contribution < 1.29 is 29.1 Å². The number of amides is 2. The number of hydrogen-bond donors (Lipinski definition) is 1. The SMILES string of the molecule is CC1=CC(=O)N(OC(=O)c2cncnc2)C1=O.O=C(O)c1cncnc1. The number of carbonyl (C=O) groups excluding carboxylic acids is 3. The van der Waals surface area contributed by atoms with Crippen molar-refractivity contribution in [3.8, 4) is 0 Å². The zero-order valence-corrected chi connectivity index (χ0v) is 13.3. The fourth-order valence-electron chi connectivity index (χ4n) is 1.60. The fourth-order valence-corrected chi connectivity index (χ4v) is 1.60. The number of carboxylic acid groups (broad SMARTS) is 1. The molecule has 1 N–H and O–H groups in total. The number of carbonyl (C=O) groups is 4. The van der Waals surface area contributed by atoms with Gasteiger partial charge in [0.2, 0.25) is 0 Å². The molecule has 2 aromatic heterocycles. The molecule has 26 heavy (non-hydrogen) atoms. The summed E-state index contributed by atoms with van der Waals surface area (Å²) in [5.74, 6) is -3.20. The maximum absolute atomic E-state index is 11.5. The van der Waals surface area contributed by atoms with Crippen molar-refractivity contribution in [2.45, 2.75) is 6.92 Å². The van der Waals surface area contributed by atoms with Crippen LogP contribution in [0.5, 0.6) is 0 Å². The number of hydroxylamine groups is 2. The molecule has 1 aliphatic rings. The van der Waals surface area contributed by atoms with Crippen molar-refractivity contribution in [2.75, 3.05) is 0 Å². The third kappa shape index (κ3) is 4.50. The van der Waals surface area contributed by atoms with E-state index < -0.39 is 23.8 Å². The predicted octanol–water partition coefficient (Wildman–Crippen LogP) is 0.0383. The van der Waals surface area contributed by atoms with Crippen molar-refractivity contribution in [2.24, 2.45) is 0 Å². The van der Waals surface area contributed by atoms with Gasteiger partial charge in [-0.2, -0.15) is 0 Å². The normalized spacial score (nSPS) is 12.8. The van der Waals surface area contributed by atoms with Crippen LogP contribution in [0.3, 0.4) is 0 Å². The number of aromatic carboxylic acids is 1. The molecular weight excluding hydrogens is 346 g/mol. The Bertz CT molecular complexity index is 869. The number of rotatable bonds is 3. The molecule has 2 amide bonds. The number of imide groups is 1. The van der Waals surface area contributed by atoms with Crippen LogP contribution in [0, 0.1) is 0 Å². The second-order valence-electron chi connectivity index (χ2n) is 4.70. The zero-order chi connectivity index (χ0) is 19.1. The van der Waals surface area contributed by atoms with Gasteiger partial charge in [-0.3, -0.25) is 9.59 Å². The Morgan fingerprint density at radius 2 is 1.46 bits per heavy atom. The van der Waals surface area contributed by atoms with E-state index in [0.717, 1.165) is 6.08 Å². The molecule has 0 atom stereocenters. The second-order valence-corrected chi connectivity index (χ2v) is 4.70. The monoisotopic (exact) mass is 357 g/mol. The van der Waals surface area contributed by atoms with Crippen molar-refractivity contribution in [1.29, 1.82) is 0 Å². The van der Waals surface area contributed by atoms with E-state index in [1.165, 1.54) is 44.4 Å². The van der Waals surface area contributed by atoms with E-state index in [4.69, 9.17) is 5.11 Å². The highest BCUT2D eigenvalue weighted by atomic mass is 16.7. The maximum Gasteiger partial charge on any atom is 0.367 e. The van der Waals surface area contributed by atoms with Gasteiger partial charge in [0, 0.05) is 36.4 Å². The Hall–Kier alpha value is -4.02. The lowest BCUT2D eigenvalue weighted by atomic mass is 10.3. The molecule has 0 radical (unpaired) electrons. The molecule has 2 aromatic rings. The molecule has 0 saturated heterocycles. The minimum Gasteiger partial charge on any atom is -0.478 e. The van der Waals surface area contributed by atoms with Crippen LogP contribution in [0.1, 0.15) is 27.6 Å². The first kappa shape index (κ1) is 18.3. The van der Waals surface area contributed by atoms with E-state index >= 15 is 0 Å². The molecule has 0 spiro atoms. The molecule has 3 heterocycles. The smallest absolute Gasteiger partial charge is 0.367 e. The average molecular weight is 357 g/mol. The molecule has 0 bridgehead atoms. The van der Waals surface area contributed by atoms with Gasteiger partial charge in [-0.1, -0.05) is 5.06 Å². The lowest BCUT2D eigenvalue weighted by molar-refractivity contribution is -0.171. The summed E-state index contributed by atoms with van der Waals surface area (Å²) in [6.45, 7) is 1.46. The van der Waals surface area contributed by atoms with Crippen LogP contribution in [0.4, 0.5) is 0 Å². The highest BCUT2D eigenvalue weighted by Gasteiger charge is 2.32. The van der Waals surface area contributed by atoms with Crippen molar-refractivity contribution >= 4 is 23.8 Å². The van der Waals surface area contributed by atoms with Crippen LogP contribution in [-0.4, -0.2) is 53.9 Å². The Morgan fingerprint density at radius 3 is 1.85 bits per heavy atom. The van der Waals surface area contributed by atoms with Crippen molar-refractivity contribution in [1.82, 2.24) is 25.0 Å². The largest absolute Gasteiger partial charge is 0.478 e. The van der Waals surface area contributed by atoms with Gasteiger partial charge in [-0.05, 0) is 6.92 Å². The highest BCUT2D eigenvalue weighted by molar-refractivity contribution is 6.15. The zero-order valence-electron chi connectivity index (χ0n) is 13.3. The first-order chi connectivity index (χ1) is 12.4. The molecule has 0 aliphatic carbocycles. The van der Waals surface area contributed by atoms with Gasteiger partial charge < -0.3 is 9.94 Å². The Labute approximate surface area is 145 Å². The summed E-state index contributed by atoms with van der Waals surface area (Å²) in [6.07, 6.45) is 8.56. The topological polar surface area (TPSA) is 153 Å². The molecule has 1 aliphatic heterocycles. The van der Waals surface area contributed by atoms with Crippen molar-refractivity contribution in [3.63, 3.8) is 0 Å². The van der Waals surface area contributed by atoms with Gasteiger partial charge in [0.25, 0.3) is 11.8 Å². The Balaban J connectivity index is 0.000000228. The van der Waals surface area contributed by atoms with E-state index in [0.29, 0.717) is 5.06 Å². The maximum atomic E-state index is 11.5. The van der Waals surface area contributed by atoms with Gasteiger partial charge in [0.05, 0.1) is 11.1 Å². The molecule has 132 valence electrons. The molecular formula is C15H11N5O6. The first-order valence-electron chi connectivity index (χ1n) is 6.92. The number of carboxylic acids is 1. The summed E-state index contributed by atoms with van der Waals surface area (Å²) < 4.78 is 0. The lowest BCUT2D eigenvalue weighted by Gasteiger charge is -2.12. The van der Waals surface area contributed by atoms with Gasteiger partial charge in [0.15, 0.2) is 0 Å². The number of hydrogen-bond acceptors (Lipinski definition) is 9. The number of nitrogens with zero attached hydrogens (tertiary/aromatic N) is 5. The minimum atomic E-state index is -1.00. The quantitative estimate of drug-likeness (QED) is 0.745. The average Bonchev–Trinajstić information content (AvgIpc) is 2.90. The fraction of sp³-hybridized carbons (Fsp3) is 0.0667. The molecule has 0 fully saturated rings. The summed E-state index contributed by atoms with van der Waals surface area (Å²) >= 11 is 0. The van der Waals surface area contributed by atoms with Gasteiger partial charge in [-0.25, -0.2) is 29.5 Å². The first-order valence-corrected chi connectivity index (χ1v) is 6.92. The summed E-state index contributed by atoms with van der Waals surface area (Å²) in [6, 6.07) is 0. The molecule has 11 nitrogen and oxygen atoms in total. The van der Waals surface area contributed by atoms with E-state index in [1.807, 2.05) is 0 Å². The number of aromatic nitrogens is 4. The van der Waals surface area contributed by atoms with Gasteiger partial charge in [0.1, 0.15) is 12.7 Å².